The first kappa shape index (κ1) is 25.4. The zero-order chi connectivity index (χ0) is 25.7. The first-order valence-corrected chi connectivity index (χ1v) is 12.4. The number of rotatable bonds is 8. The second kappa shape index (κ2) is 11.4. The van der Waals surface area contributed by atoms with Crippen LogP contribution < -0.4 is 16.2 Å². The Balaban J connectivity index is 1.84. The molecule has 6 nitrogen and oxygen atoms in total. The summed E-state index contributed by atoms with van der Waals surface area (Å²) in [5.74, 6) is 0.155. The highest BCUT2D eigenvalue weighted by Gasteiger charge is 2.28. The Morgan fingerprint density at radius 2 is 1.83 bits per heavy atom. The topological polar surface area (TPSA) is 63.4 Å². The number of aliphatic imine (C=N–C) groups is 1. The molecule has 0 unspecified atom stereocenters. The summed E-state index contributed by atoms with van der Waals surface area (Å²) < 4.78 is 17.5. The van der Waals surface area contributed by atoms with Gasteiger partial charge >= 0.3 is 0 Å². The Morgan fingerprint density at radius 1 is 1.17 bits per heavy atom. The Hall–Kier alpha value is -3.71. The van der Waals surface area contributed by atoms with E-state index in [4.69, 9.17) is 4.99 Å². The van der Waals surface area contributed by atoms with Crippen LogP contribution in [0.15, 0.2) is 88.9 Å². The quantitative estimate of drug-likeness (QED) is 0.435. The molecule has 1 aliphatic rings. The monoisotopic (exact) mass is 487 g/mol. The summed E-state index contributed by atoms with van der Waals surface area (Å²) >= 11 is 0. The minimum Gasteiger partial charge on any atom is -0.364 e. The molecule has 0 saturated carbocycles. The maximum Gasteiger partial charge on any atom is 0.274 e. The van der Waals surface area contributed by atoms with Gasteiger partial charge in [0.1, 0.15) is 11.6 Å². The van der Waals surface area contributed by atoms with Crippen molar-refractivity contribution in [3.63, 3.8) is 0 Å². The van der Waals surface area contributed by atoms with Gasteiger partial charge in [0.15, 0.2) is 0 Å². The van der Waals surface area contributed by atoms with E-state index in [1.807, 2.05) is 37.3 Å². The number of benzene rings is 2. The molecule has 2 aromatic carbocycles. The van der Waals surface area contributed by atoms with Gasteiger partial charge in [-0.1, -0.05) is 55.1 Å². The van der Waals surface area contributed by atoms with E-state index in [1.165, 1.54) is 12.1 Å². The molecular formula is C29H34FN5O. The van der Waals surface area contributed by atoms with Crippen molar-refractivity contribution in [2.75, 3.05) is 13.1 Å². The van der Waals surface area contributed by atoms with Gasteiger partial charge in [-0.2, -0.15) is 0 Å². The number of aromatic nitrogens is 2. The Bertz CT molecular complexity index is 1310. The number of allylic oxidation sites excluding steroid dienone is 2. The van der Waals surface area contributed by atoms with Crippen molar-refractivity contribution < 1.29 is 4.39 Å². The highest BCUT2D eigenvalue weighted by atomic mass is 19.1. The van der Waals surface area contributed by atoms with Crippen molar-refractivity contribution in [3.8, 4) is 11.1 Å². The molecular weight excluding hydrogens is 453 g/mol. The van der Waals surface area contributed by atoms with E-state index in [9.17, 15) is 9.18 Å². The molecule has 7 heteroatoms. The predicted molar refractivity (Wildman–Crippen MR) is 145 cm³/mol. The highest BCUT2D eigenvalue weighted by Crippen LogP contribution is 2.29. The van der Waals surface area contributed by atoms with Crippen LogP contribution in [-0.4, -0.2) is 28.2 Å². The van der Waals surface area contributed by atoms with Gasteiger partial charge < -0.3 is 10.6 Å². The van der Waals surface area contributed by atoms with Crippen molar-refractivity contribution >= 4 is 5.71 Å². The molecule has 1 atom stereocenters. The second-order valence-electron chi connectivity index (χ2n) is 9.11. The largest absolute Gasteiger partial charge is 0.364 e. The standard InChI is InChI=1S/C29H34FN5O/c1-5-9-26(33-21(3)32-20(2)22-10-7-6-8-11-22)28-27(23-12-14-24(30)15-13-23)29(36)34(4)35(28)25-16-18-31-19-17-25/h5-15,20,25,31-32H,3,16-19H2,1-2,4H3/b9-5-,33-26+/t20-/m0/s1. The van der Waals surface area contributed by atoms with Gasteiger partial charge in [-0.05, 0) is 69.1 Å². The summed E-state index contributed by atoms with van der Waals surface area (Å²) in [6.07, 6.45) is 5.60. The van der Waals surface area contributed by atoms with Gasteiger partial charge in [0.2, 0.25) is 0 Å². The third-order valence-electron chi connectivity index (χ3n) is 6.59. The van der Waals surface area contributed by atoms with E-state index < -0.39 is 0 Å². The fourth-order valence-electron chi connectivity index (χ4n) is 4.81. The summed E-state index contributed by atoms with van der Waals surface area (Å²) in [7, 11) is 1.79. The Morgan fingerprint density at radius 3 is 2.47 bits per heavy atom. The predicted octanol–water partition coefficient (Wildman–Crippen LogP) is 5.10. The molecule has 1 saturated heterocycles. The average molecular weight is 488 g/mol. The lowest BCUT2D eigenvalue weighted by Crippen LogP contribution is -2.34. The normalized spacial score (nSPS) is 15.8. The SMILES string of the molecule is C=C(/N=C(\C=C/C)c1c(-c2ccc(F)cc2)c(=O)n(C)n1C1CCNCC1)N[C@@H](C)c1ccccc1. The molecule has 2 heterocycles. The number of nitrogens with one attached hydrogen (secondary N) is 2. The third-order valence-corrected chi connectivity index (χ3v) is 6.59. The van der Waals surface area contributed by atoms with Crippen molar-refractivity contribution in [1.82, 2.24) is 20.0 Å². The lowest BCUT2D eigenvalue weighted by atomic mass is 10.0. The molecule has 1 aliphatic heterocycles. The highest BCUT2D eigenvalue weighted by molar-refractivity contribution is 6.12. The van der Waals surface area contributed by atoms with Crippen LogP contribution in [0, 0.1) is 5.82 Å². The van der Waals surface area contributed by atoms with Crippen molar-refractivity contribution in [2.45, 2.75) is 38.8 Å². The first-order chi connectivity index (χ1) is 17.4. The van der Waals surface area contributed by atoms with Crippen LogP contribution in [0.3, 0.4) is 0 Å². The Labute approximate surface area is 211 Å². The zero-order valence-electron chi connectivity index (χ0n) is 21.2. The summed E-state index contributed by atoms with van der Waals surface area (Å²) in [5.41, 5.74) is 3.51. The van der Waals surface area contributed by atoms with Crippen LogP contribution in [0.4, 0.5) is 4.39 Å². The van der Waals surface area contributed by atoms with Crippen molar-refractivity contribution in [3.05, 3.63) is 107 Å². The van der Waals surface area contributed by atoms with E-state index in [2.05, 4.69) is 41.0 Å². The summed E-state index contributed by atoms with van der Waals surface area (Å²) in [4.78, 5) is 18.5. The van der Waals surface area contributed by atoms with Crippen LogP contribution in [0.5, 0.6) is 0 Å². The van der Waals surface area contributed by atoms with Crippen molar-refractivity contribution in [2.24, 2.45) is 12.0 Å². The molecule has 3 aromatic rings. The summed E-state index contributed by atoms with van der Waals surface area (Å²) in [6, 6.07) is 16.3. The van der Waals surface area contributed by atoms with Gasteiger partial charge in [0.05, 0.1) is 23.0 Å². The molecule has 1 aromatic heterocycles. The molecule has 0 aliphatic carbocycles. The maximum absolute atomic E-state index is 13.7. The summed E-state index contributed by atoms with van der Waals surface area (Å²) in [5, 5.41) is 6.77. The second-order valence-corrected chi connectivity index (χ2v) is 9.11. The van der Waals surface area contributed by atoms with Crippen LogP contribution in [0.1, 0.15) is 50.0 Å². The van der Waals surface area contributed by atoms with Gasteiger partial charge in [0, 0.05) is 13.1 Å². The van der Waals surface area contributed by atoms with Gasteiger partial charge in [-0.15, -0.1) is 0 Å². The van der Waals surface area contributed by atoms with E-state index in [0.717, 1.165) is 37.2 Å². The zero-order valence-corrected chi connectivity index (χ0v) is 21.2. The smallest absolute Gasteiger partial charge is 0.274 e. The fraction of sp³-hybridized carbons (Fsp3) is 0.310. The minimum absolute atomic E-state index is 0.00765. The van der Waals surface area contributed by atoms with E-state index in [-0.39, 0.29) is 23.5 Å². The van der Waals surface area contributed by atoms with Crippen LogP contribution in [-0.2, 0) is 7.05 Å². The van der Waals surface area contributed by atoms with Crippen LogP contribution in [0.25, 0.3) is 11.1 Å². The van der Waals surface area contributed by atoms with E-state index in [0.29, 0.717) is 22.7 Å². The lowest BCUT2D eigenvalue weighted by molar-refractivity contribution is 0.309. The number of nitrogens with zero attached hydrogens (tertiary/aromatic N) is 3. The summed E-state index contributed by atoms with van der Waals surface area (Å²) in [6.45, 7) is 9.90. The molecule has 4 rings (SSSR count). The molecule has 1 fully saturated rings. The number of piperidine rings is 1. The number of hydrogen-bond acceptors (Lipinski definition) is 4. The van der Waals surface area contributed by atoms with Gasteiger partial charge in [-0.3, -0.25) is 14.2 Å². The third kappa shape index (κ3) is 5.41. The molecule has 0 amide bonds. The van der Waals surface area contributed by atoms with Gasteiger partial charge in [0.25, 0.3) is 5.56 Å². The number of halogens is 1. The molecule has 0 radical (unpaired) electrons. The van der Waals surface area contributed by atoms with E-state index in [1.54, 1.807) is 23.9 Å². The molecule has 2 N–H and O–H groups in total. The van der Waals surface area contributed by atoms with E-state index >= 15 is 0 Å². The Kier molecular flexibility index (Phi) is 8.00. The number of hydrogen-bond donors (Lipinski definition) is 2. The minimum atomic E-state index is -0.343. The lowest BCUT2D eigenvalue weighted by Gasteiger charge is -2.27. The van der Waals surface area contributed by atoms with Crippen LogP contribution in [0.2, 0.25) is 0 Å². The molecule has 36 heavy (non-hydrogen) atoms. The molecule has 0 spiro atoms. The van der Waals surface area contributed by atoms with Crippen molar-refractivity contribution in [1.29, 1.82) is 0 Å². The van der Waals surface area contributed by atoms with Crippen LogP contribution >= 0.6 is 0 Å². The molecule has 0 bridgehead atoms. The molecule has 188 valence electrons. The first-order valence-electron chi connectivity index (χ1n) is 12.4. The maximum atomic E-state index is 13.7. The fourth-order valence-corrected chi connectivity index (χ4v) is 4.81. The van der Waals surface area contributed by atoms with Gasteiger partial charge in [-0.25, -0.2) is 9.38 Å². The average Bonchev–Trinajstić information content (AvgIpc) is 3.15.